The summed E-state index contributed by atoms with van der Waals surface area (Å²) < 4.78 is 13.2. The van der Waals surface area contributed by atoms with Crippen LogP contribution in [0.1, 0.15) is 47.1 Å². The molecule has 0 unspecified atom stereocenters. The molecule has 7 nitrogen and oxygen atoms in total. The first kappa shape index (κ1) is 32.1. The summed E-state index contributed by atoms with van der Waals surface area (Å²) in [5.74, 6) is 0.108. The maximum atomic E-state index is 12.5. The molecule has 1 aliphatic rings. The van der Waals surface area contributed by atoms with Gasteiger partial charge in [0.25, 0.3) is 0 Å². The summed E-state index contributed by atoms with van der Waals surface area (Å²) in [7, 11) is 2.07. The van der Waals surface area contributed by atoms with Crippen molar-refractivity contribution in [1.82, 2.24) is 15.5 Å². The number of carbonyl (C=O) groups excluding carboxylic acids is 1. The molecule has 0 saturated carbocycles. The van der Waals surface area contributed by atoms with E-state index in [4.69, 9.17) is 9.47 Å². The zero-order chi connectivity index (χ0) is 31.6. The molecular weight excluding hydrogens is 562 g/mol. The van der Waals surface area contributed by atoms with Gasteiger partial charge in [0.2, 0.25) is 0 Å². The fourth-order valence-electron chi connectivity index (χ4n) is 5.72. The molecule has 1 heterocycles. The van der Waals surface area contributed by atoms with Crippen molar-refractivity contribution in [3.63, 3.8) is 0 Å². The molecule has 234 valence electrons. The highest BCUT2D eigenvalue weighted by molar-refractivity contribution is 5.75. The van der Waals surface area contributed by atoms with Crippen LogP contribution in [0.5, 0.6) is 0 Å². The van der Waals surface area contributed by atoms with E-state index in [1.54, 1.807) is 0 Å². The Hall–Kier alpha value is -4.27. The van der Waals surface area contributed by atoms with Crippen LogP contribution in [0.3, 0.4) is 0 Å². The largest absolute Gasteiger partial charge is 0.392 e. The van der Waals surface area contributed by atoms with Crippen molar-refractivity contribution >= 4 is 6.03 Å². The first-order chi connectivity index (χ1) is 21.9. The Kier molecular flexibility index (Phi) is 11.2. The van der Waals surface area contributed by atoms with E-state index in [0.717, 1.165) is 52.0 Å². The van der Waals surface area contributed by atoms with E-state index in [-0.39, 0.29) is 30.8 Å². The summed E-state index contributed by atoms with van der Waals surface area (Å²) in [4.78, 5) is 14.7. The van der Waals surface area contributed by atoms with Gasteiger partial charge in [-0.25, -0.2) is 4.79 Å². The van der Waals surface area contributed by atoms with E-state index < -0.39 is 6.29 Å². The molecule has 3 N–H and O–H groups in total. The second-order valence-electron chi connectivity index (χ2n) is 11.6. The van der Waals surface area contributed by atoms with Gasteiger partial charge in [0.15, 0.2) is 6.29 Å². The lowest BCUT2D eigenvalue weighted by molar-refractivity contribution is -0.275. The third-order valence-corrected chi connectivity index (χ3v) is 8.30. The van der Waals surface area contributed by atoms with Crippen LogP contribution in [-0.2, 0) is 29.2 Å². The zero-order valence-electron chi connectivity index (χ0n) is 26.1. The SMILES string of the molecule is C=CCN(C)C[C@@H]1O[C@H](c2ccc(-c3ccccc3CNC(=O)NCc3ccccc3)cc2)O[C@H](c2ccc(CO)cc2)[C@@H]1C. The summed E-state index contributed by atoms with van der Waals surface area (Å²) in [5, 5.41) is 15.4. The lowest BCUT2D eigenvalue weighted by Gasteiger charge is -2.42. The highest BCUT2D eigenvalue weighted by Crippen LogP contribution is 2.42. The second-order valence-corrected chi connectivity index (χ2v) is 11.6. The molecule has 1 fully saturated rings. The topological polar surface area (TPSA) is 83.1 Å². The molecule has 2 amide bonds. The van der Waals surface area contributed by atoms with E-state index in [9.17, 15) is 9.90 Å². The molecule has 4 aromatic rings. The van der Waals surface area contributed by atoms with Gasteiger partial charge >= 0.3 is 6.03 Å². The Morgan fingerprint density at radius 3 is 2.22 bits per heavy atom. The van der Waals surface area contributed by atoms with Crippen LogP contribution in [0.4, 0.5) is 4.79 Å². The third-order valence-electron chi connectivity index (χ3n) is 8.30. The Morgan fingerprint density at radius 1 is 0.844 bits per heavy atom. The molecule has 5 rings (SSSR count). The van der Waals surface area contributed by atoms with E-state index >= 15 is 0 Å². The number of hydrogen-bond acceptors (Lipinski definition) is 5. The van der Waals surface area contributed by atoms with Crippen LogP contribution in [0.15, 0.2) is 116 Å². The first-order valence-electron chi connectivity index (χ1n) is 15.5. The predicted molar refractivity (Wildman–Crippen MR) is 178 cm³/mol. The summed E-state index contributed by atoms with van der Waals surface area (Å²) >= 11 is 0. The Balaban J connectivity index is 1.30. The fraction of sp³-hybridized carbons (Fsp3) is 0.289. The molecule has 0 bridgehead atoms. The van der Waals surface area contributed by atoms with Crippen molar-refractivity contribution in [2.24, 2.45) is 5.92 Å². The quantitative estimate of drug-likeness (QED) is 0.156. The van der Waals surface area contributed by atoms with Crippen LogP contribution in [0.25, 0.3) is 11.1 Å². The summed E-state index contributed by atoms with van der Waals surface area (Å²) in [5.41, 5.74) is 7.05. The van der Waals surface area contributed by atoms with Crippen LogP contribution >= 0.6 is 0 Å². The van der Waals surface area contributed by atoms with Gasteiger partial charge in [-0.3, -0.25) is 0 Å². The molecule has 1 saturated heterocycles. The van der Waals surface area contributed by atoms with Crippen molar-refractivity contribution in [3.8, 4) is 11.1 Å². The van der Waals surface area contributed by atoms with Crippen LogP contribution < -0.4 is 10.6 Å². The standard InChI is InChI=1S/C38H43N3O4/c1-4-22-41(3)25-35-27(2)36(31-16-14-29(26-42)15-17-31)45-37(44-35)32-20-18-30(19-21-32)34-13-9-8-12-33(34)24-40-38(43)39-23-28-10-6-5-7-11-28/h4-21,27,35-37,42H,1,22-26H2,2-3H3,(H2,39,40,43)/t27-,35+,36+,37+/m1/s1. The van der Waals surface area contributed by atoms with Gasteiger partial charge in [0.05, 0.1) is 18.8 Å². The fourth-order valence-corrected chi connectivity index (χ4v) is 5.72. The predicted octanol–water partition coefficient (Wildman–Crippen LogP) is 6.75. The monoisotopic (exact) mass is 605 g/mol. The van der Waals surface area contributed by atoms with Gasteiger partial charge in [0.1, 0.15) is 0 Å². The molecule has 1 aliphatic heterocycles. The number of aliphatic hydroxyl groups excluding tert-OH is 1. The van der Waals surface area contributed by atoms with E-state index in [0.29, 0.717) is 13.1 Å². The maximum absolute atomic E-state index is 12.5. The highest BCUT2D eigenvalue weighted by atomic mass is 16.7. The Morgan fingerprint density at radius 2 is 1.51 bits per heavy atom. The van der Waals surface area contributed by atoms with Crippen molar-refractivity contribution in [2.45, 2.75) is 45.1 Å². The number of urea groups is 1. The number of likely N-dealkylation sites (N-methyl/N-ethyl adjacent to an activating group) is 1. The second kappa shape index (κ2) is 15.6. The van der Waals surface area contributed by atoms with Gasteiger partial charge in [-0.05, 0) is 40.4 Å². The lowest BCUT2D eigenvalue weighted by Crippen LogP contribution is -2.43. The van der Waals surface area contributed by atoms with Gasteiger partial charge < -0.3 is 30.1 Å². The maximum Gasteiger partial charge on any atom is 0.315 e. The number of amides is 2. The zero-order valence-corrected chi connectivity index (χ0v) is 26.1. The van der Waals surface area contributed by atoms with Gasteiger partial charge in [-0.1, -0.05) is 116 Å². The summed E-state index contributed by atoms with van der Waals surface area (Å²) in [6.07, 6.45) is 1.13. The molecular formula is C38H43N3O4. The first-order valence-corrected chi connectivity index (χ1v) is 15.5. The Bertz CT molecular complexity index is 1530. The van der Waals surface area contributed by atoms with Crippen molar-refractivity contribution in [1.29, 1.82) is 0 Å². The van der Waals surface area contributed by atoms with E-state index in [1.165, 1.54) is 0 Å². The number of nitrogens with zero attached hydrogens (tertiary/aromatic N) is 1. The van der Waals surface area contributed by atoms with Gasteiger partial charge in [0, 0.05) is 37.7 Å². The van der Waals surface area contributed by atoms with Gasteiger partial charge in [-0.2, -0.15) is 0 Å². The van der Waals surface area contributed by atoms with Crippen molar-refractivity contribution in [2.75, 3.05) is 20.1 Å². The average molecular weight is 606 g/mol. The molecule has 0 aliphatic carbocycles. The normalized spacial score (nSPS) is 19.6. The molecule has 4 atom stereocenters. The number of carbonyl (C=O) groups is 1. The highest BCUT2D eigenvalue weighted by Gasteiger charge is 2.38. The summed E-state index contributed by atoms with van der Waals surface area (Å²) in [6, 6.07) is 34.0. The van der Waals surface area contributed by atoms with Crippen LogP contribution in [0.2, 0.25) is 0 Å². The smallest absolute Gasteiger partial charge is 0.315 e. The van der Waals surface area contributed by atoms with Gasteiger partial charge in [-0.15, -0.1) is 6.58 Å². The lowest BCUT2D eigenvalue weighted by atomic mass is 9.90. The molecule has 0 radical (unpaired) electrons. The van der Waals surface area contributed by atoms with E-state index in [2.05, 4.69) is 66.4 Å². The number of nitrogens with one attached hydrogen (secondary N) is 2. The van der Waals surface area contributed by atoms with Crippen LogP contribution in [-0.4, -0.2) is 42.3 Å². The molecule has 0 aromatic heterocycles. The molecule has 4 aromatic carbocycles. The number of hydrogen-bond donors (Lipinski definition) is 3. The van der Waals surface area contributed by atoms with Crippen molar-refractivity contribution in [3.05, 3.63) is 144 Å². The minimum Gasteiger partial charge on any atom is -0.392 e. The minimum atomic E-state index is -0.537. The average Bonchev–Trinajstić information content (AvgIpc) is 3.08. The number of ether oxygens (including phenoxy) is 2. The van der Waals surface area contributed by atoms with E-state index in [1.807, 2.05) is 78.9 Å². The minimum absolute atomic E-state index is 0.00899. The number of benzene rings is 4. The molecule has 45 heavy (non-hydrogen) atoms. The summed E-state index contributed by atoms with van der Waals surface area (Å²) in [6.45, 7) is 8.45. The number of aliphatic hydroxyl groups is 1. The van der Waals surface area contributed by atoms with Crippen LogP contribution in [0, 0.1) is 5.92 Å². The third kappa shape index (κ3) is 8.47. The molecule has 0 spiro atoms. The van der Waals surface area contributed by atoms with Crippen molar-refractivity contribution < 1.29 is 19.4 Å². The number of rotatable bonds is 12. The Labute approximate surface area is 266 Å². The molecule has 7 heteroatoms.